The van der Waals surface area contributed by atoms with Crippen molar-refractivity contribution in [2.45, 2.75) is 20.1 Å². The zero-order valence-electron chi connectivity index (χ0n) is 9.27. The maximum absolute atomic E-state index is 11.4. The Hall–Kier alpha value is -1.20. The molecule has 0 atom stereocenters. The highest BCUT2D eigenvalue weighted by Gasteiger charge is 2.13. The lowest BCUT2D eigenvalue weighted by Crippen LogP contribution is -2.20. The molecule has 0 unspecified atom stereocenters. The SMILES string of the molecule is CCOC(OCC)c1cc(=O)n(C)cn1. The first-order valence-corrected chi connectivity index (χ1v) is 4.94. The van der Waals surface area contributed by atoms with Gasteiger partial charge in [-0.25, -0.2) is 4.98 Å². The van der Waals surface area contributed by atoms with Crippen molar-refractivity contribution in [1.29, 1.82) is 0 Å². The van der Waals surface area contributed by atoms with E-state index in [4.69, 9.17) is 9.47 Å². The Balaban J connectivity index is 2.90. The van der Waals surface area contributed by atoms with Crippen LogP contribution in [0, 0.1) is 0 Å². The van der Waals surface area contributed by atoms with E-state index < -0.39 is 6.29 Å². The molecule has 0 bridgehead atoms. The Kier molecular flexibility index (Phi) is 4.45. The van der Waals surface area contributed by atoms with E-state index in [9.17, 15) is 4.79 Å². The van der Waals surface area contributed by atoms with E-state index in [1.54, 1.807) is 7.05 Å². The summed E-state index contributed by atoms with van der Waals surface area (Å²) in [5, 5.41) is 0. The fourth-order valence-corrected chi connectivity index (χ4v) is 1.13. The molecule has 15 heavy (non-hydrogen) atoms. The zero-order chi connectivity index (χ0) is 11.3. The molecule has 0 radical (unpaired) electrons. The van der Waals surface area contributed by atoms with E-state index in [2.05, 4.69) is 4.98 Å². The summed E-state index contributed by atoms with van der Waals surface area (Å²) in [6, 6.07) is 1.43. The third kappa shape index (κ3) is 3.14. The molecule has 1 heterocycles. The number of nitrogens with zero attached hydrogens (tertiary/aromatic N) is 2. The molecule has 5 nitrogen and oxygen atoms in total. The highest BCUT2D eigenvalue weighted by Crippen LogP contribution is 2.14. The highest BCUT2D eigenvalue weighted by atomic mass is 16.7. The molecule has 1 rings (SSSR count). The van der Waals surface area contributed by atoms with Crippen molar-refractivity contribution in [3.05, 3.63) is 28.4 Å². The van der Waals surface area contributed by atoms with Gasteiger partial charge in [-0.15, -0.1) is 0 Å². The topological polar surface area (TPSA) is 53.4 Å². The second kappa shape index (κ2) is 5.63. The quantitative estimate of drug-likeness (QED) is 0.679. The summed E-state index contributed by atoms with van der Waals surface area (Å²) in [4.78, 5) is 15.5. The number of ether oxygens (including phenoxy) is 2. The molecule has 0 saturated carbocycles. The van der Waals surface area contributed by atoms with Crippen molar-refractivity contribution in [1.82, 2.24) is 9.55 Å². The van der Waals surface area contributed by atoms with Gasteiger partial charge in [-0.05, 0) is 13.8 Å². The lowest BCUT2D eigenvalue weighted by molar-refractivity contribution is -0.142. The Morgan fingerprint density at radius 3 is 2.47 bits per heavy atom. The number of rotatable bonds is 5. The van der Waals surface area contributed by atoms with Gasteiger partial charge in [0, 0.05) is 26.3 Å². The molecule has 0 N–H and O–H groups in total. The van der Waals surface area contributed by atoms with Gasteiger partial charge in [-0.2, -0.15) is 0 Å². The maximum atomic E-state index is 11.4. The molecule has 5 heteroatoms. The van der Waals surface area contributed by atoms with E-state index in [0.29, 0.717) is 18.9 Å². The Morgan fingerprint density at radius 2 is 2.00 bits per heavy atom. The molecule has 1 aromatic rings. The molecule has 0 aromatic carbocycles. The first kappa shape index (κ1) is 11.9. The van der Waals surface area contributed by atoms with Crippen LogP contribution in [0.3, 0.4) is 0 Å². The lowest BCUT2D eigenvalue weighted by Gasteiger charge is -2.15. The number of hydrogen-bond acceptors (Lipinski definition) is 4. The second-order valence-electron chi connectivity index (χ2n) is 3.01. The minimum Gasteiger partial charge on any atom is -0.347 e. The minimum absolute atomic E-state index is 0.121. The summed E-state index contributed by atoms with van der Waals surface area (Å²) >= 11 is 0. The largest absolute Gasteiger partial charge is 0.347 e. The highest BCUT2D eigenvalue weighted by molar-refractivity contribution is 5.01. The zero-order valence-corrected chi connectivity index (χ0v) is 9.27. The van der Waals surface area contributed by atoms with E-state index in [0.717, 1.165) is 0 Å². The minimum atomic E-state index is -0.547. The molecule has 0 saturated heterocycles. The molecule has 0 aliphatic rings. The first-order valence-electron chi connectivity index (χ1n) is 4.94. The molecule has 0 aliphatic heterocycles. The van der Waals surface area contributed by atoms with Crippen LogP contribution in [-0.2, 0) is 16.5 Å². The fourth-order valence-electron chi connectivity index (χ4n) is 1.13. The van der Waals surface area contributed by atoms with Gasteiger partial charge in [-0.1, -0.05) is 0 Å². The van der Waals surface area contributed by atoms with Crippen LogP contribution in [0.15, 0.2) is 17.2 Å². The average molecular weight is 212 g/mol. The molecule has 1 aromatic heterocycles. The van der Waals surface area contributed by atoms with Gasteiger partial charge in [0.05, 0.1) is 6.33 Å². The molecule has 0 spiro atoms. The summed E-state index contributed by atoms with van der Waals surface area (Å²) in [6.07, 6.45) is 0.914. The summed E-state index contributed by atoms with van der Waals surface area (Å²) in [5.41, 5.74) is 0.395. The lowest BCUT2D eigenvalue weighted by atomic mass is 10.4. The van der Waals surface area contributed by atoms with Crippen molar-refractivity contribution in [3.63, 3.8) is 0 Å². The van der Waals surface area contributed by atoms with Gasteiger partial charge in [-0.3, -0.25) is 4.79 Å². The van der Waals surface area contributed by atoms with Gasteiger partial charge in [0.2, 0.25) is 6.29 Å². The predicted octanol–water partition coefficient (Wildman–Crippen LogP) is 0.852. The molecule has 0 amide bonds. The average Bonchev–Trinajstić information content (AvgIpc) is 2.22. The Bertz CT molecular complexity index is 356. The molecular formula is C10H16N2O3. The van der Waals surface area contributed by atoms with Crippen LogP contribution in [-0.4, -0.2) is 22.8 Å². The van der Waals surface area contributed by atoms with E-state index in [1.165, 1.54) is 17.0 Å². The third-order valence-corrected chi connectivity index (χ3v) is 1.88. The van der Waals surface area contributed by atoms with Gasteiger partial charge >= 0.3 is 0 Å². The van der Waals surface area contributed by atoms with Crippen molar-refractivity contribution in [2.24, 2.45) is 7.05 Å². The summed E-state index contributed by atoms with van der Waals surface area (Å²) < 4.78 is 12.1. The van der Waals surface area contributed by atoms with Gasteiger partial charge < -0.3 is 14.0 Å². The fraction of sp³-hybridized carbons (Fsp3) is 0.600. The summed E-state index contributed by atoms with van der Waals surface area (Å²) in [6.45, 7) is 4.77. The maximum Gasteiger partial charge on any atom is 0.253 e. The van der Waals surface area contributed by atoms with Crippen LogP contribution in [0.2, 0.25) is 0 Å². The number of hydrogen-bond donors (Lipinski definition) is 0. The Labute approximate surface area is 88.7 Å². The summed E-state index contributed by atoms with van der Waals surface area (Å²) in [7, 11) is 1.65. The first-order chi connectivity index (χ1) is 7.19. The third-order valence-electron chi connectivity index (χ3n) is 1.88. The van der Waals surface area contributed by atoms with E-state index in [1.807, 2.05) is 13.8 Å². The number of aromatic nitrogens is 2. The standard InChI is InChI=1S/C10H16N2O3/c1-4-14-10(15-5-2)8-6-9(13)12(3)7-11-8/h6-7,10H,4-5H2,1-3H3. The van der Waals surface area contributed by atoms with Crippen LogP contribution >= 0.6 is 0 Å². The van der Waals surface area contributed by atoms with Crippen molar-refractivity contribution < 1.29 is 9.47 Å². The molecule has 84 valence electrons. The normalized spacial score (nSPS) is 10.9. The van der Waals surface area contributed by atoms with Crippen LogP contribution in [0.25, 0.3) is 0 Å². The van der Waals surface area contributed by atoms with Gasteiger partial charge in [0.15, 0.2) is 0 Å². The molecular weight excluding hydrogens is 196 g/mol. The van der Waals surface area contributed by atoms with Gasteiger partial charge in [0.25, 0.3) is 5.56 Å². The molecule has 0 fully saturated rings. The van der Waals surface area contributed by atoms with E-state index >= 15 is 0 Å². The van der Waals surface area contributed by atoms with Crippen LogP contribution in [0.4, 0.5) is 0 Å². The van der Waals surface area contributed by atoms with Crippen LogP contribution in [0.1, 0.15) is 25.8 Å². The van der Waals surface area contributed by atoms with Crippen molar-refractivity contribution >= 4 is 0 Å². The monoisotopic (exact) mass is 212 g/mol. The van der Waals surface area contributed by atoms with E-state index in [-0.39, 0.29) is 5.56 Å². The van der Waals surface area contributed by atoms with Crippen LogP contribution in [0.5, 0.6) is 0 Å². The van der Waals surface area contributed by atoms with Crippen molar-refractivity contribution in [2.75, 3.05) is 13.2 Å². The number of aryl methyl sites for hydroxylation is 1. The summed E-state index contributed by atoms with van der Waals surface area (Å²) in [5.74, 6) is 0. The van der Waals surface area contributed by atoms with Gasteiger partial charge in [0.1, 0.15) is 5.69 Å². The molecule has 0 aliphatic carbocycles. The second-order valence-corrected chi connectivity index (χ2v) is 3.01. The smallest absolute Gasteiger partial charge is 0.253 e. The predicted molar refractivity (Wildman–Crippen MR) is 55.5 cm³/mol. The van der Waals surface area contributed by atoms with Crippen LogP contribution < -0.4 is 5.56 Å². The Morgan fingerprint density at radius 1 is 1.40 bits per heavy atom. The van der Waals surface area contributed by atoms with Crippen molar-refractivity contribution in [3.8, 4) is 0 Å².